The Morgan fingerprint density at radius 2 is 1.58 bits per heavy atom. The lowest BCUT2D eigenvalue weighted by Crippen LogP contribution is -2.23. The molecule has 19 heavy (non-hydrogen) atoms. The molecule has 1 aromatic carbocycles. The maximum absolute atomic E-state index is 10.6. The highest BCUT2D eigenvalue weighted by atomic mass is 16.3. The second-order valence-corrected chi connectivity index (χ2v) is 6.72. The zero-order chi connectivity index (χ0) is 14.0. The molecule has 1 saturated carbocycles. The third-order valence-electron chi connectivity index (χ3n) is 4.95. The predicted octanol–water partition coefficient (Wildman–Crippen LogP) is 4.80. The van der Waals surface area contributed by atoms with Crippen molar-refractivity contribution in [1.29, 1.82) is 0 Å². The summed E-state index contributed by atoms with van der Waals surface area (Å²) in [6, 6.07) is 6.41. The van der Waals surface area contributed by atoms with Crippen molar-refractivity contribution in [2.45, 2.75) is 59.5 Å². The molecule has 1 nitrogen and oxygen atoms in total. The summed E-state index contributed by atoms with van der Waals surface area (Å²) in [5.41, 5.74) is 3.65. The normalized spacial score (nSPS) is 25.6. The van der Waals surface area contributed by atoms with Gasteiger partial charge in [0.1, 0.15) is 0 Å². The van der Waals surface area contributed by atoms with Crippen LogP contribution in [0.4, 0.5) is 0 Å². The van der Waals surface area contributed by atoms with Crippen LogP contribution in [0.3, 0.4) is 0 Å². The Morgan fingerprint density at radius 3 is 2.11 bits per heavy atom. The number of hydrogen-bond acceptors (Lipinski definition) is 1. The van der Waals surface area contributed by atoms with Gasteiger partial charge in [0.15, 0.2) is 0 Å². The summed E-state index contributed by atoms with van der Waals surface area (Å²) in [5.74, 6) is 2.11. The molecular formula is C18H28O. The minimum absolute atomic E-state index is 0.270. The fourth-order valence-corrected chi connectivity index (χ4v) is 3.54. The lowest BCUT2D eigenvalue weighted by Gasteiger charge is -2.34. The number of hydrogen-bond donors (Lipinski definition) is 1. The summed E-state index contributed by atoms with van der Waals surface area (Å²) in [4.78, 5) is 0. The van der Waals surface area contributed by atoms with Gasteiger partial charge in [-0.2, -0.15) is 0 Å². The molecule has 2 rings (SSSR count). The average molecular weight is 260 g/mol. The van der Waals surface area contributed by atoms with E-state index in [1.165, 1.54) is 36.8 Å². The molecule has 0 aliphatic heterocycles. The van der Waals surface area contributed by atoms with Crippen LogP contribution in [-0.4, -0.2) is 5.11 Å². The smallest absolute Gasteiger partial charge is 0.0820 e. The Balaban J connectivity index is 2.03. The van der Waals surface area contributed by atoms with E-state index in [2.05, 4.69) is 45.9 Å². The second-order valence-electron chi connectivity index (χ2n) is 6.72. The van der Waals surface area contributed by atoms with E-state index in [0.717, 1.165) is 17.4 Å². The zero-order valence-electron chi connectivity index (χ0n) is 12.8. The molecule has 1 heteroatoms. The Morgan fingerprint density at radius 1 is 1.00 bits per heavy atom. The summed E-state index contributed by atoms with van der Waals surface area (Å²) in [7, 11) is 0. The highest BCUT2D eigenvalue weighted by Gasteiger charge is 2.29. The number of aliphatic hydroxyl groups excluding tert-OH is 1. The first-order valence-electron chi connectivity index (χ1n) is 7.74. The topological polar surface area (TPSA) is 20.2 Å². The highest BCUT2D eigenvalue weighted by molar-refractivity contribution is 5.32. The molecule has 1 atom stereocenters. The van der Waals surface area contributed by atoms with Gasteiger partial charge in [0, 0.05) is 0 Å². The fourth-order valence-electron chi connectivity index (χ4n) is 3.54. The van der Waals surface area contributed by atoms with Crippen LogP contribution in [0.15, 0.2) is 18.2 Å². The van der Waals surface area contributed by atoms with E-state index < -0.39 is 0 Å². The fraction of sp³-hybridized carbons (Fsp3) is 0.667. The lowest BCUT2D eigenvalue weighted by molar-refractivity contribution is 0.0663. The molecule has 0 bridgehead atoms. The van der Waals surface area contributed by atoms with E-state index in [4.69, 9.17) is 0 Å². The summed E-state index contributed by atoms with van der Waals surface area (Å²) in [6.45, 7) is 8.87. The van der Waals surface area contributed by atoms with Crippen LogP contribution in [0.2, 0.25) is 0 Å². The van der Waals surface area contributed by atoms with Gasteiger partial charge in [-0.25, -0.2) is 0 Å². The summed E-state index contributed by atoms with van der Waals surface area (Å²) in [6.07, 6.45) is 4.65. The van der Waals surface area contributed by atoms with Crippen LogP contribution >= 0.6 is 0 Å². The number of rotatable bonds is 3. The third kappa shape index (κ3) is 3.39. The van der Waals surface area contributed by atoms with Gasteiger partial charge in [-0.3, -0.25) is 0 Å². The van der Waals surface area contributed by atoms with E-state index in [0.29, 0.717) is 5.92 Å². The molecule has 1 aromatic rings. The Labute approximate surface area is 118 Å². The first-order chi connectivity index (χ1) is 8.99. The van der Waals surface area contributed by atoms with Gasteiger partial charge in [0.25, 0.3) is 0 Å². The highest BCUT2D eigenvalue weighted by Crippen LogP contribution is 2.39. The van der Waals surface area contributed by atoms with Crippen molar-refractivity contribution < 1.29 is 5.11 Å². The average Bonchev–Trinajstić information content (AvgIpc) is 2.38. The van der Waals surface area contributed by atoms with E-state index in [1.807, 2.05) is 0 Å². The minimum Gasteiger partial charge on any atom is -0.388 e. The summed E-state index contributed by atoms with van der Waals surface area (Å²) in [5, 5.41) is 10.6. The van der Waals surface area contributed by atoms with Crippen LogP contribution in [0.1, 0.15) is 62.3 Å². The van der Waals surface area contributed by atoms with Crippen molar-refractivity contribution in [3.05, 3.63) is 34.9 Å². The summed E-state index contributed by atoms with van der Waals surface area (Å²) >= 11 is 0. The molecule has 1 unspecified atom stereocenters. The van der Waals surface area contributed by atoms with E-state index >= 15 is 0 Å². The second kappa shape index (κ2) is 6.09. The number of aryl methyl sites for hydroxylation is 2. The minimum atomic E-state index is -0.270. The molecule has 0 heterocycles. The first-order valence-corrected chi connectivity index (χ1v) is 7.74. The van der Waals surface area contributed by atoms with Gasteiger partial charge in [-0.15, -0.1) is 0 Å². The SMILES string of the molecule is Cc1ccc(C(O)C2CCC(C(C)C)CC2)c(C)c1. The van der Waals surface area contributed by atoms with Gasteiger partial charge in [0.2, 0.25) is 0 Å². The largest absolute Gasteiger partial charge is 0.388 e. The molecule has 0 amide bonds. The zero-order valence-corrected chi connectivity index (χ0v) is 12.8. The summed E-state index contributed by atoms with van der Waals surface area (Å²) < 4.78 is 0. The maximum atomic E-state index is 10.6. The van der Waals surface area contributed by atoms with E-state index in [1.54, 1.807) is 0 Å². The van der Waals surface area contributed by atoms with E-state index in [9.17, 15) is 5.11 Å². The monoisotopic (exact) mass is 260 g/mol. The molecule has 0 saturated heterocycles. The van der Waals surface area contributed by atoms with Crippen molar-refractivity contribution >= 4 is 0 Å². The van der Waals surface area contributed by atoms with Crippen molar-refractivity contribution in [2.24, 2.45) is 17.8 Å². The van der Waals surface area contributed by atoms with Gasteiger partial charge >= 0.3 is 0 Å². The quantitative estimate of drug-likeness (QED) is 0.827. The van der Waals surface area contributed by atoms with Crippen LogP contribution in [0.25, 0.3) is 0 Å². The molecule has 1 fully saturated rings. The Kier molecular flexibility index (Phi) is 4.67. The van der Waals surface area contributed by atoms with Crippen molar-refractivity contribution in [3.63, 3.8) is 0 Å². The molecule has 1 aliphatic rings. The van der Waals surface area contributed by atoms with Crippen molar-refractivity contribution in [3.8, 4) is 0 Å². The Bertz CT molecular complexity index is 414. The maximum Gasteiger partial charge on any atom is 0.0820 e. The van der Waals surface area contributed by atoms with Crippen LogP contribution in [-0.2, 0) is 0 Å². The number of benzene rings is 1. The van der Waals surface area contributed by atoms with Gasteiger partial charge < -0.3 is 5.11 Å². The molecule has 0 aromatic heterocycles. The van der Waals surface area contributed by atoms with Gasteiger partial charge in [0.05, 0.1) is 6.10 Å². The molecule has 1 N–H and O–H groups in total. The predicted molar refractivity (Wildman–Crippen MR) is 81.2 cm³/mol. The van der Waals surface area contributed by atoms with Gasteiger partial charge in [-0.1, -0.05) is 37.6 Å². The molecule has 0 spiro atoms. The van der Waals surface area contributed by atoms with Crippen LogP contribution in [0, 0.1) is 31.6 Å². The molecule has 0 radical (unpaired) electrons. The lowest BCUT2D eigenvalue weighted by atomic mass is 9.74. The third-order valence-corrected chi connectivity index (χ3v) is 4.95. The van der Waals surface area contributed by atoms with Crippen molar-refractivity contribution in [2.75, 3.05) is 0 Å². The van der Waals surface area contributed by atoms with Crippen LogP contribution in [0.5, 0.6) is 0 Å². The molecule has 106 valence electrons. The standard InChI is InChI=1S/C18H28O/c1-12(2)15-6-8-16(9-7-15)18(19)17-10-5-13(3)11-14(17)4/h5,10-12,15-16,18-19H,6-9H2,1-4H3. The number of aliphatic hydroxyl groups is 1. The van der Waals surface area contributed by atoms with Gasteiger partial charge in [-0.05, 0) is 68.4 Å². The van der Waals surface area contributed by atoms with E-state index in [-0.39, 0.29) is 6.10 Å². The molecule has 1 aliphatic carbocycles. The first kappa shape index (κ1) is 14.6. The van der Waals surface area contributed by atoms with Crippen LogP contribution < -0.4 is 0 Å². The molecular weight excluding hydrogens is 232 g/mol. The van der Waals surface area contributed by atoms with Crippen molar-refractivity contribution in [1.82, 2.24) is 0 Å². The Hall–Kier alpha value is -0.820.